The predicted octanol–water partition coefficient (Wildman–Crippen LogP) is 10.6. The number of aliphatic imine (C=N–C) groups is 1. The molecule has 0 radical (unpaired) electrons. The van der Waals surface area contributed by atoms with E-state index >= 15 is 0 Å². The highest BCUT2D eigenvalue weighted by molar-refractivity contribution is 8.01. The second-order valence-corrected chi connectivity index (χ2v) is 12.9. The summed E-state index contributed by atoms with van der Waals surface area (Å²) in [6, 6.07) is 19.3. The summed E-state index contributed by atoms with van der Waals surface area (Å²) in [5.41, 5.74) is 5.75. The number of nitrogens with zero attached hydrogens (tertiary/aromatic N) is 2. The fourth-order valence-electron chi connectivity index (χ4n) is 4.09. The van der Waals surface area contributed by atoms with Crippen LogP contribution in [-0.4, -0.2) is 23.1 Å². The van der Waals surface area contributed by atoms with Gasteiger partial charge in [-0.05, 0) is 55.8 Å². The minimum absolute atomic E-state index is 0.00282. The highest BCUT2D eigenvalue weighted by atomic mass is 35.5. The molecule has 0 saturated carbocycles. The number of thioether (sulfide) groups is 1. The molecule has 1 fully saturated rings. The van der Waals surface area contributed by atoms with Crippen LogP contribution in [0.25, 0.3) is 0 Å². The second-order valence-electron chi connectivity index (χ2n) is 9.48. The summed E-state index contributed by atoms with van der Waals surface area (Å²) >= 11 is 39.4. The first-order chi connectivity index (χ1) is 20.9. The van der Waals surface area contributed by atoms with Crippen LogP contribution in [0.2, 0.25) is 30.1 Å². The Bertz CT molecular complexity index is 1790. The van der Waals surface area contributed by atoms with Gasteiger partial charge in [-0.15, -0.1) is 11.8 Å². The minimum atomic E-state index is -0.983. The summed E-state index contributed by atoms with van der Waals surface area (Å²) in [4.78, 5) is 32.1. The number of benzene rings is 4. The lowest BCUT2D eigenvalue weighted by Crippen LogP contribution is -2.36. The molecule has 14 heteroatoms. The van der Waals surface area contributed by atoms with E-state index in [1.54, 1.807) is 48.5 Å². The number of amidine groups is 1. The van der Waals surface area contributed by atoms with E-state index in [4.69, 9.17) is 79.3 Å². The Hall–Kier alpha value is -2.82. The van der Waals surface area contributed by atoms with E-state index in [1.807, 2.05) is 32.0 Å². The molecule has 0 spiro atoms. The van der Waals surface area contributed by atoms with Gasteiger partial charge in [-0.2, -0.15) is 0 Å². The lowest BCUT2D eigenvalue weighted by molar-refractivity contribution is -0.116. The number of carbonyl (C=O) groups is 2. The van der Waals surface area contributed by atoms with Crippen LogP contribution < -0.4 is 20.5 Å². The van der Waals surface area contributed by atoms with Crippen LogP contribution >= 0.6 is 81.4 Å². The molecule has 5 rings (SSSR count). The fraction of sp³-hybridized carbons (Fsp3) is 0.100. The SMILES string of the molecule is Cc1ccc(OC(=O)Nc2ccccc2SC2C(=O)N(c3c(Cl)c(Cl)c(Cl)c(Cl)c3Cl)NC2=Nc2cc(C)ccc2Cl)cc1. The van der Waals surface area contributed by atoms with Crippen LogP contribution in [0.1, 0.15) is 11.1 Å². The van der Waals surface area contributed by atoms with Crippen molar-refractivity contribution in [1.29, 1.82) is 0 Å². The maximum absolute atomic E-state index is 14.1. The number of para-hydroxylation sites is 1. The number of aryl methyl sites for hydroxylation is 2. The van der Waals surface area contributed by atoms with Crippen molar-refractivity contribution in [2.45, 2.75) is 24.0 Å². The van der Waals surface area contributed by atoms with Crippen molar-refractivity contribution in [3.63, 3.8) is 0 Å². The summed E-state index contributed by atoms with van der Waals surface area (Å²) in [5.74, 6) is 0.0780. The molecule has 1 atom stereocenters. The van der Waals surface area contributed by atoms with Gasteiger partial charge in [0.15, 0.2) is 0 Å². The van der Waals surface area contributed by atoms with Crippen LogP contribution in [0.3, 0.4) is 0 Å². The van der Waals surface area contributed by atoms with Gasteiger partial charge >= 0.3 is 6.09 Å². The second kappa shape index (κ2) is 13.7. The fourth-order valence-corrected chi connectivity index (χ4v) is 6.63. The molecule has 0 aliphatic carbocycles. The van der Waals surface area contributed by atoms with Crippen LogP contribution in [0.4, 0.5) is 21.9 Å². The monoisotopic (exact) mass is 726 g/mol. The average Bonchev–Trinajstić information content (AvgIpc) is 3.29. The Morgan fingerprint density at radius 1 is 0.864 bits per heavy atom. The predicted molar refractivity (Wildman–Crippen MR) is 182 cm³/mol. The van der Waals surface area contributed by atoms with Crippen molar-refractivity contribution in [2.24, 2.45) is 4.99 Å². The zero-order chi connectivity index (χ0) is 31.7. The average molecular weight is 729 g/mol. The van der Waals surface area contributed by atoms with E-state index in [2.05, 4.69) is 10.7 Å². The third kappa shape index (κ3) is 6.87. The summed E-state index contributed by atoms with van der Waals surface area (Å²) in [6.07, 6.45) is -0.705. The molecule has 2 amide bonds. The van der Waals surface area contributed by atoms with Crippen molar-refractivity contribution < 1.29 is 14.3 Å². The van der Waals surface area contributed by atoms with Gasteiger partial charge in [0, 0.05) is 4.90 Å². The molecule has 1 aliphatic rings. The molecular formula is C30H20Cl6N4O3S. The number of hydrogen-bond acceptors (Lipinski definition) is 5. The Kier molecular flexibility index (Phi) is 10.1. The molecule has 44 heavy (non-hydrogen) atoms. The quantitative estimate of drug-likeness (QED) is 0.153. The number of hydrogen-bond donors (Lipinski definition) is 2. The number of hydrazine groups is 1. The number of anilines is 2. The molecule has 1 unspecified atom stereocenters. The molecule has 4 aromatic carbocycles. The van der Waals surface area contributed by atoms with Gasteiger partial charge in [0.25, 0.3) is 5.91 Å². The van der Waals surface area contributed by atoms with Gasteiger partial charge < -0.3 is 4.74 Å². The molecule has 1 heterocycles. The Morgan fingerprint density at radius 3 is 2.16 bits per heavy atom. The van der Waals surface area contributed by atoms with Crippen LogP contribution in [0.5, 0.6) is 5.75 Å². The highest BCUT2D eigenvalue weighted by Gasteiger charge is 2.42. The first-order valence-electron chi connectivity index (χ1n) is 12.7. The van der Waals surface area contributed by atoms with Crippen molar-refractivity contribution in [3.05, 3.63) is 108 Å². The summed E-state index contributed by atoms with van der Waals surface area (Å²) in [5, 5.41) is 2.85. The molecular weight excluding hydrogens is 709 g/mol. The number of amides is 2. The summed E-state index contributed by atoms with van der Waals surface area (Å²) in [6.45, 7) is 3.82. The van der Waals surface area contributed by atoms with Crippen LogP contribution in [0.15, 0.2) is 76.6 Å². The van der Waals surface area contributed by atoms with E-state index in [0.717, 1.165) is 27.9 Å². The van der Waals surface area contributed by atoms with Gasteiger partial charge in [0.2, 0.25) is 0 Å². The topological polar surface area (TPSA) is 83.0 Å². The van der Waals surface area contributed by atoms with Crippen molar-refractivity contribution in [1.82, 2.24) is 5.43 Å². The molecule has 2 N–H and O–H groups in total. The first-order valence-corrected chi connectivity index (χ1v) is 15.9. The highest BCUT2D eigenvalue weighted by Crippen LogP contribution is 2.49. The van der Waals surface area contributed by atoms with E-state index in [-0.39, 0.29) is 36.6 Å². The van der Waals surface area contributed by atoms with Crippen molar-refractivity contribution in [2.75, 3.05) is 10.3 Å². The lowest BCUT2D eigenvalue weighted by Gasteiger charge is -2.21. The molecule has 7 nitrogen and oxygen atoms in total. The van der Waals surface area contributed by atoms with Gasteiger partial charge in [-0.25, -0.2) is 14.8 Å². The molecule has 226 valence electrons. The zero-order valence-electron chi connectivity index (χ0n) is 22.7. The van der Waals surface area contributed by atoms with Crippen LogP contribution in [-0.2, 0) is 4.79 Å². The Balaban J connectivity index is 1.52. The van der Waals surface area contributed by atoms with E-state index in [1.165, 1.54) is 0 Å². The third-order valence-electron chi connectivity index (χ3n) is 6.27. The Labute approximate surface area is 287 Å². The number of ether oxygens (including phenoxy) is 1. The molecule has 0 aromatic heterocycles. The Morgan fingerprint density at radius 2 is 1.48 bits per heavy atom. The van der Waals surface area contributed by atoms with Gasteiger partial charge in [-0.3, -0.25) is 15.5 Å². The summed E-state index contributed by atoms with van der Waals surface area (Å²) in [7, 11) is 0. The number of halogens is 6. The van der Waals surface area contributed by atoms with Crippen LogP contribution in [0, 0.1) is 13.8 Å². The normalized spacial score (nSPS) is 15.5. The van der Waals surface area contributed by atoms with E-state index in [9.17, 15) is 9.59 Å². The van der Waals surface area contributed by atoms with Gasteiger partial charge in [0.05, 0.1) is 41.5 Å². The zero-order valence-corrected chi connectivity index (χ0v) is 28.1. The van der Waals surface area contributed by atoms with Crippen molar-refractivity contribution >= 4 is 116 Å². The van der Waals surface area contributed by atoms with E-state index in [0.29, 0.717) is 27.0 Å². The lowest BCUT2D eigenvalue weighted by atomic mass is 10.2. The molecule has 1 saturated heterocycles. The third-order valence-corrected chi connectivity index (χ3v) is 10.1. The first kappa shape index (κ1) is 32.6. The van der Waals surface area contributed by atoms with Gasteiger partial charge in [0.1, 0.15) is 22.5 Å². The maximum atomic E-state index is 14.1. The number of rotatable bonds is 6. The maximum Gasteiger partial charge on any atom is 0.417 e. The van der Waals surface area contributed by atoms with Crippen molar-refractivity contribution in [3.8, 4) is 5.75 Å². The molecule has 0 bridgehead atoms. The smallest absolute Gasteiger partial charge is 0.410 e. The largest absolute Gasteiger partial charge is 0.417 e. The molecule has 4 aromatic rings. The minimum Gasteiger partial charge on any atom is -0.410 e. The van der Waals surface area contributed by atoms with Gasteiger partial charge in [-0.1, -0.05) is 106 Å². The molecule has 1 aliphatic heterocycles. The standard InChI is InChI=1S/C30H20Cl6N4O3S/c1-14-7-10-16(11-8-14)43-30(42)38-18-5-3-4-6-20(18)44-27-28(37-19-13-15(2)9-12-17(19)31)39-40(29(27)41)26-24(35)22(33)21(32)23(34)25(26)36/h3-13,27H,1-2H3,(H,37,39)(H,38,42). The number of carbonyl (C=O) groups excluding carboxylic acids is 2. The number of nitrogens with one attached hydrogen (secondary N) is 2. The summed E-state index contributed by atoms with van der Waals surface area (Å²) < 4.78 is 5.43. The van der Waals surface area contributed by atoms with E-state index < -0.39 is 17.3 Å².